The number of likely N-dealkylation sites (tertiary alicyclic amines) is 1. The van der Waals surface area contributed by atoms with Gasteiger partial charge in [-0.05, 0) is 54.2 Å². The Morgan fingerprint density at radius 1 is 1.00 bits per heavy atom. The molecule has 3 saturated heterocycles. The second kappa shape index (κ2) is 10.6. The van der Waals surface area contributed by atoms with E-state index in [1.165, 1.54) is 4.90 Å². The van der Waals surface area contributed by atoms with E-state index in [0.29, 0.717) is 37.9 Å². The van der Waals surface area contributed by atoms with Crippen molar-refractivity contribution >= 4 is 34.2 Å². The average molecular weight is 556 g/mol. The molecule has 3 aromatic rings. The van der Waals surface area contributed by atoms with Gasteiger partial charge in [-0.1, -0.05) is 74.5 Å². The summed E-state index contributed by atoms with van der Waals surface area (Å²) in [7, 11) is 0. The number of anilines is 1. The number of fused-ring (bicyclic) bond motifs is 2. The lowest BCUT2D eigenvalue weighted by molar-refractivity contribution is -0.149. The van der Waals surface area contributed by atoms with E-state index in [1.54, 1.807) is 0 Å². The largest absolute Gasteiger partial charge is 0.394 e. The number of rotatable bonds is 9. The van der Waals surface area contributed by atoms with Gasteiger partial charge in [0.15, 0.2) is 0 Å². The summed E-state index contributed by atoms with van der Waals surface area (Å²) in [6.45, 7) is 3.92. The third kappa shape index (κ3) is 4.32. The molecule has 3 aliphatic heterocycles. The normalized spacial score (nSPS) is 29.0. The second-order valence-corrected chi connectivity index (χ2v) is 11.6. The summed E-state index contributed by atoms with van der Waals surface area (Å²) in [6.07, 6.45) is 2.10. The van der Waals surface area contributed by atoms with Gasteiger partial charge in [0.2, 0.25) is 17.7 Å². The van der Waals surface area contributed by atoms with Crippen LogP contribution in [0.25, 0.3) is 10.8 Å². The molecular formula is C33H37N3O5. The van der Waals surface area contributed by atoms with Crippen LogP contribution in [0.1, 0.15) is 45.1 Å². The van der Waals surface area contributed by atoms with E-state index in [2.05, 4.69) is 10.6 Å². The average Bonchev–Trinajstić information content (AvgIpc) is 3.61. The van der Waals surface area contributed by atoms with Crippen LogP contribution in [-0.4, -0.2) is 57.6 Å². The van der Waals surface area contributed by atoms with Gasteiger partial charge in [-0.25, -0.2) is 0 Å². The van der Waals surface area contributed by atoms with Gasteiger partial charge in [0.05, 0.1) is 30.1 Å². The minimum absolute atomic E-state index is 0.233. The summed E-state index contributed by atoms with van der Waals surface area (Å²) in [6, 6.07) is 21.7. The Bertz CT molecular complexity index is 1470. The molecule has 8 nitrogen and oxygen atoms in total. The highest BCUT2D eigenvalue weighted by Crippen LogP contribution is 2.64. The molecule has 6 atom stereocenters. The maximum atomic E-state index is 14.3. The predicted molar refractivity (Wildman–Crippen MR) is 156 cm³/mol. The number of benzene rings is 3. The fraction of sp³-hybridized carbons (Fsp3) is 0.424. The first-order chi connectivity index (χ1) is 19.9. The number of hydrogen-bond acceptors (Lipinski definition) is 5. The number of carbonyl (C=O) groups excluding carboxylic acids is 3. The fourth-order valence-corrected chi connectivity index (χ4v) is 7.53. The third-order valence-corrected chi connectivity index (χ3v) is 9.55. The molecule has 3 amide bonds. The van der Waals surface area contributed by atoms with Crippen molar-refractivity contribution in [2.45, 2.75) is 69.4 Å². The number of amides is 3. The maximum absolute atomic E-state index is 14.3. The highest BCUT2D eigenvalue weighted by molar-refractivity contribution is 6.04. The molecule has 41 heavy (non-hydrogen) atoms. The Hall–Kier alpha value is -3.75. The summed E-state index contributed by atoms with van der Waals surface area (Å²) in [5, 5.41) is 18.4. The van der Waals surface area contributed by atoms with Crippen LogP contribution in [0.5, 0.6) is 0 Å². The minimum atomic E-state index is -1.15. The first-order valence-electron chi connectivity index (χ1n) is 14.6. The van der Waals surface area contributed by atoms with Crippen LogP contribution in [0, 0.1) is 11.8 Å². The smallest absolute Gasteiger partial charge is 0.250 e. The molecule has 3 heterocycles. The lowest BCUT2D eigenvalue weighted by atomic mass is 9.65. The number of nitrogens with zero attached hydrogens (tertiary/aromatic N) is 1. The van der Waals surface area contributed by atoms with Crippen molar-refractivity contribution in [3.05, 3.63) is 78.4 Å². The van der Waals surface area contributed by atoms with Crippen molar-refractivity contribution in [3.63, 3.8) is 0 Å². The Labute approximate surface area is 240 Å². The van der Waals surface area contributed by atoms with Crippen LogP contribution in [0.15, 0.2) is 72.8 Å². The number of ether oxygens (including phenoxy) is 1. The quantitative estimate of drug-likeness (QED) is 0.370. The lowest BCUT2D eigenvalue weighted by Crippen LogP contribution is -2.56. The molecule has 3 aliphatic rings. The molecule has 214 valence electrons. The van der Waals surface area contributed by atoms with Crippen LogP contribution >= 0.6 is 0 Å². The molecule has 3 N–H and O–H groups in total. The van der Waals surface area contributed by atoms with E-state index in [-0.39, 0.29) is 24.3 Å². The summed E-state index contributed by atoms with van der Waals surface area (Å²) in [4.78, 5) is 43.8. The summed E-state index contributed by atoms with van der Waals surface area (Å²) in [5.41, 5.74) is -0.391. The van der Waals surface area contributed by atoms with Gasteiger partial charge in [-0.3, -0.25) is 14.4 Å². The molecule has 1 spiro atoms. The minimum Gasteiger partial charge on any atom is -0.394 e. The Kier molecular flexibility index (Phi) is 7.08. The molecule has 0 saturated carbocycles. The second-order valence-electron chi connectivity index (χ2n) is 11.6. The van der Waals surface area contributed by atoms with Crippen molar-refractivity contribution in [2.75, 3.05) is 11.9 Å². The molecule has 0 radical (unpaired) electrons. The van der Waals surface area contributed by atoms with Gasteiger partial charge in [-0.15, -0.1) is 0 Å². The molecule has 8 heteroatoms. The summed E-state index contributed by atoms with van der Waals surface area (Å²) >= 11 is 0. The molecule has 3 fully saturated rings. The highest BCUT2D eigenvalue weighted by Gasteiger charge is 2.79. The van der Waals surface area contributed by atoms with Gasteiger partial charge >= 0.3 is 0 Å². The van der Waals surface area contributed by atoms with E-state index in [1.807, 2.05) is 86.6 Å². The fourth-order valence-electron chi connectivity index (χ4n) is 7.53. The number of nitrogens with one attached hydrogen (secondary N) is 2. The van der Waals surface area contributed by atoms with Gasteiger partial charge in [0.1, 0.15) is 11.6 Å². The summed E-state index contributed by atoms with van der Waals surface area (Å²) < 4.78 is 6.82. The number of carbonyl (C=O) groups is 3. The zero-order valence-electron chi connectivity index (χ0n) is 23.5. The number of aliphatic hydroxyl groups excluding tert-OH is 1. The first kappa shape index (κ1) is 27.4. The zero-order chi connectivity index (χ0) is 28.8. The van der Waals surface area contributed by atoms with Crippen LogP contribution in [0.4, 0.5) is 5.69 Å². The number of aliphatic hydroxyl groups is 1. The lowest BCUT2D eigenvalue weighted by Gasteiger charge is -2.37. The van der Waals surface area contributed by atoms with Gasteiger partial charge in [0, 0.05) is 12.2 Å². The SMILES string of the molecule is CC[C@@H](CO)N1C(=O)[C@@H]2[C@H](C(=O)NCc3ccccc3)[C@]3(CC)CCC2(O3)C1C(=O)Nc1ccc2ccccc2c1. The van der Waals surface area contributed by atoms with Crippen molar-refractivity contribution in [3.8, 4) is 0 Å². The van der Waals surface area contributed by atoms with Crippen LogP contribution in [0.3, 0.4) is 0 Å². The molecule has 2 bridgehead atoms. The van der Waals surface area contributed by atoms with Crippen molar-refractivity contribution in [1.29, 1.82) is 0 Å². The van der Waals surface area contributed by atoms with Gasteiger partial charge < -0.3 is 25.4 Å². The van der Waals surface area contributed by atoms with E-state index >= 15 is 0 Å². The molecule has 3 aromatic carbocycles. The predicted octanol–water partition coefficient (Wildman–Crippen LogP) is 4.02. The highest BCUT2D eigenvalue weighted by atomic mass is 16.5. The van der Waals surface area contributed by atoms with E-state index in [4.69, 9.17) is 4.74 Å². The van der Waals surface area contributed by atoms with Gasteiger partial charge in [0.25, 0.3) is 0 Å². The molecule has 0 aromatic heterocycles. The van der Waals surface area contributed by atoms with Crippen molar-refractivity contribution in [1.82, 2.24) is 10.2 Å². The Morgan fingerprint density at radius 2 is 1.73 bits per heavy atom. The Balaban J connectivity index is 1.35. The van der Waals surface area contributed by atoms with E-state index in [0.717, 1.165) is 16.3 Å². The molecular weight excluding hydrogens is 518 g/mol. The van der Waals surface area contributed by atoms with Crippen LogP contribution in [0.2, 0.25) is 0 Å². The third-order valence-electron chi connectivity index (χ3n) is 9.55. The monoisotopic (exact) mass is 555 g/mol. The Morgan fingerprint density at radius 3 is 2.44 bits per heavy atom. The van der Waals surface area contributed by atoms with E-state index in [9.17, 15) is 19.5 Å². The van der Waals surface area contributed by atoms with Crippen molar-refractivity contribution in [2.24, 2.45) is 11.8 Å². The molecule has 0 aliphatic carbocycles. The summed E-state index contributed by atoms with van der Waals surface area (Å²) in [5.74, 6) is -2.42. The van der Waals surface area contributed by atoms with E-state index < -0.39 is 35.1 Å². The van der Waals surface area contributed by atoms with Crippen LogP contribution < -0.4 is 10.6 Å². The van der Waals surface area contributed by atoms with Crippen LogP contribution in [-0.2, 0) is 25.7 Å². The zero-order valence-corrected chi connectivity index (χ0v) is 23.5. The first-order valence-corrected chi connectivity index (χ1v) is 14.6. The molecule has 2 unspecified atom stereocenters. The maximum Gasteiger partial charge on any atom is 0.250 e. The van der Waals surface area contributed by atoms with Gasteiger partial charge in [-0.2, -0.15) is 0 Å². The standard InChI is InChI=1S/C33H37N3O5/c1-3-25(20-37)36-28(30(39)35-24-15-14-22-12-8-9-13-23(22)18-24)33-17-16-32(4-2,41-33)26(27(33)31(36)40)29(38)34-19-21-10-6-5-7-11-21/h5-15,18,25-28,37H,3-4,16-17,19-20H2,1-2H3,(H,34,38)(H,35,39)/t25-,26+,27-,28?,32-,33?/m0/s1. The number of hydrogen-bond donors (Lipinski definition) is 3. The topological polar surface area (TPSA) is 108 Å². The molecule has 6 rings (SSSR count). The van der Waals surface area contributed by atoms with Crippen molar-refractivity contribution < 1.29 is 24.2 Å².